The van der Waals surface area contributed by atoms with E-state index in [1.54, 1.807) is 42.3 Å². The molecule has 0 aliphatic heterocycles. The fourth-order valence-electron chi connectivity index (χ4n) is 3.38. The third-order valence-electron chi connectivity index (χ3n) is 4.87. The van der Waals surface area contributed by atoms with Crippen molar-refractivity contribution in [2.45, 2.75) is 13.5 Å². The zero-order chi connectivity index (χ0) is 22.0. The SMILES string of the molecule is COCc1cc(-c2ccc(NC(=O)Nc3cc(C)ccc3F)cc2)c2cnn(C)c2n1. The van der Waals surface area contributed by atoms with E-state index >= 15 is 0 Å². The van der Waals surface area contributed by atoms with E-state index in [4.69, 9.17) is 4.74 Å². The van der Waals surface area contributed by atoms with Gasteiger partial charge in [0.2, 0.25) is 0 Å². The van der Waals surface area contributed by atoms with E-state index < -0.39 is 11.8 Å². The summed E-state index contributed by atoms with van der Waals surface area (Å²) in [6, 6.07) is 13.4. The van der Waals surface area contributed by atoms with Gasteiger partial charge in [-0.1, -0.05) is 18.2 Å². The highest BCUT2D eigenvalue weighted by Gasteiger charge is 2.12. The van der Waals surface area contributed by atoms with Crippen molar-refractivity contribution in [3.63, 3.8) is 0 Å². The zero-order valence-electron chi connectivity index (χ0n) is 17.4. The van der Waals surface area contributed by atoms with Gasteiger partial charge >= 0.3 is 6.03 Å². The number of nitrogens with one attached hydrogen (secondary N) is 2. The van der Waals surface area contributed by atoms with Crippen LogP contribution in [0.2, 0.25) is 0 Å². The average Bonchev–Trinajstić information content (AvgIpc) is 3.12. The third-order valence-corrected chi connectivity index (χ3v) is 4.87. The number of aromatic nitrogens is 3. The Balaban J connectivity index is 1.56. The van der Waals surface area contributed by atoms with Gasteiger partial charge in [0, 0.05) is 25.2 Å². The molecule has 2 heterocycles. The molecule has 0 aliphatic carbocycles. The summed E-state index contributed by atoms with van der Waals surface area (Å²) in [7, 11) is 3.47. The molecule has 2 N–H and O–H groups in total. The third kappa shape index (κ3) is 4.39. The highest BCUT2D eigenvalue weighted by atomic mass is 19.1. The highest BCUT2D eigenvalue weighted by Crippen LogP contribution is 2.29. The van der Waals surface area contributed by atoms with Gasteiger partial charge in [0.1, 0.15) is 5.82 Å². The summed E-state index contributed by atoms with van der Waals surface area (Å²) in [6.07, 6.45) is 1.78. The number of aryl methyl sites for hydroxylation is 2. The van der Waals surface area contributed by atoms with Crippen LogP contribution in [-0.2, 0) is 18.4 Å². The fraction of sp³-hybridized carbons (Fsp3) is 0.174. The van der Waals surface area contributed by atoms with Gasteiger partial charge < -0.3 is 15.4 Å². The number of amides is 2. The number of urea groups is 1. The molecule has 4 rings (SSSR count). The molecule has 4 aromatic rings. The molecule has 0 radical (unpaired) electrons. The number of anilines is 2. The van der Waals surface area contributed by atoms with E-state index in [0.29, 0.717) is 12.3 Å². The van der Waals surface area contributed by atoms with Crippen LogP contribution in [0.3, 0.4) is 0 Å². The maximum absolute atomic E-state index is 13.9. The van der Waals surface area contributed by atoms with Crippen LogP contribution in [0, 0.1) is 12.7 Å². The smallest absolute Gasteiger partial charge is 0.323 e. The zero-order valence-corrected chi connectivity index (χ0v) is 17.4. The first kappa shape index (κ1) is 20.5. The standard InChI is InChI=1S/C23H22FN5O2/c1-14-4-9-20(24)21(10-14)28-23(30)27-16-7-5-15(6-8-16)18-11-17(13-31-3)26-22-19(18)12-25-29(22)2/h4-12H,13H2,1-3H3,(H2,27,28,30). The van der Waals surface area contributed by atoms with Crippen LogP contribution in [0.1, 0.15) is 11.3 Å². The highest BCUT2D eigenvalue weighted by molar-refractivity contribution is 6.00. The molecule has 0 fully saturated rings. The number of ether oxygens (including phenoxy) is 1. The molecule has 0 saturated carbocycles. The quantitative estimate of drug-likeness (QED) is 0.483. The number of pyridine rings is 1. The van der Waals surface area contributed by atoms with Crippen LogP contribution in [-0.4, -0.2) is 27.9 Å². The first-order valence-electron chi connectivity index (χ1n) is 9.70. The first-order chi connectivity index (χ1) is 14.9. The van der Waals surface area contributed by atoms with Gasteiger partial charge in [0.15, 0.2) is 5.65 Å². The van der Waals surface area contributed by atoms with E-state index in [0.717, 1.165) is 33.4 Å². The monoisotopic (exact) mass is 419 g/mol. The number of methoxy groups -OCH3 is 1. The van der Waals surface area contributed by atoms with Gasteiger partial charge in [-0.05, 0) is 53.9 Å². The Labute approximate surface area is 178 Å². The lowest BCUT2D eigenvalue weighted by atomic mass is 10.0. The number of nitrogens with zero attached hydrogens (tertiary/aromatic N) is 3. The van der Waals surface area contributed by atoms with Crippen molar-refractivity contribution in [2.75, 3.05) is 17.7 Å². The number of hydrogen-bond donors (Lipinski definition) is 2. The van der Waals surface area contributed by atoms with Crippen molar-refractivity contribution in [2.24, 2.45) is 7.05 Å². The second kappa shape index (κ2) is 8.53. The van der Waals surface area contributed by atoms with Crippen LogP contribution in [0.25, 0.3) is 22.2 Å². The molecule has 2 amide bonds. The second-order valence-electron chi connectivity index (χ2n) is 7.24. The van der Waals surface area contributed by atoms with Crippen LogP contribution >= 0.6 is 0 Å². The summed E-state index contributed by atoms with van der Waals surface area (Å²) in [6.45, 7) is 2.22. The van der Waals surface area contributed by atoms with E-state index in [9.17, 15) is 9.18 Å². The maximum Gasteiger partial charge on any atom is 0.323 e. The van der Waals surface area contributed by atoms with Crippen LogP contribution in [0.5, 0.6) is 0 Å². The number of benzene rings is 2. The molecule has 0 atom stereocenters. The van der Waals surface area contributed by atoms with Crippen molar-refractivity contribution in [1.29, 1.82) is 0 Å². The lowest BCUT2D eigenvalue weighted by Crippen LogP contribution is -2.20. The molecule has 0 unspecified atom stereocenters. The summed E-state index contributed by atoms with van der Waals surface area (Å²) < 4.78 is 20.8. The number of fused-ring (bicyclic) bond motifs is 1. The van der Waals surface area contributed by atoms with Crippen molar-refractivity contribution < 1.29 is 13.9 Å². The van der Waals surface area contributed by atoms with E-state index in [-0.39, 0.29) is 5.69 Å². The average molecular weight is 419 g/mol. The first-order valence-corrected chi connectivity index (χ1v) is 9.70. The summed E-state index contributed by atoms with van der Waals surface area (Å²) in [5.41, 5.74) is 5.07. The fourth-order valence-corrected chi connectivity index (χ4v) is 3.38. The number of hydrogen-bond acceptors (Lipinski definition) is 4. The Morgan fingerprint density at radius 3 is 2.65 bits per heavy atom. The molecular weight excluding hydrogens is 397 g/mol. The van der Waals surface area contributed by atoms with Crippen LogP contribution in [0.4, 0.5) is 20.6 Å². The molecule has 2 aromatic carbocycles. The predicted molar refractivity (Wildman–Crippen MR) is 118 cm³/mol. The molecule has 7 nitrogen and oxygen atoms in total. The Hall–Kier alpha value is -3.78. The molecule has 8 heteroatoms. The van der Waals surface area contributed by atoms with Gasteiger partial charge in [-0.3, -0.25) is 4.68 Å². The minimum absolute atomic E-state index is 0.135. The largest absolute Gasteiger partial charge is 0.378 e. The van der Waals surface area contributed by atoms with E-state index in [1.807, 2.05) is 32.2 Å². The number of carbonyl (C=O) groups excluding carboxylic acids is 1. The lowest BCUT2D eigenvalue weighted by Gasteiger charge is -2.11. The Bertz CT molecular complexity index is 1250. The Morgan fingerprint density at radius 1 is 1.13 bits per heavy atom. The molecule has 0 bridgehead atoms. The van der Waals surface area contributed by atoms with Crippen molar-refractivity contribution >= 4 is 28.4 Å². The Morgan fingerprint density at radius 2 is 1.90 bits per heavy atom. The molecule has 2 aromatic heterocycles. The summed E-state index contributed by atoms with van der Waals surface area (Å²) in [5, 5.41) is 10.5. The minimum Gasteiger partial charge on any atom is -0.378 e. The molecular formula is C23H22FN5O2. The van der Waals surface area contributed by atoms with E-state index in [1.165, 1.54) is 6.07 Å². The van der Waals surface area contributed by atoms with Gasteiger partial charge in [-0.2, -0.15) is 5.10 Å². The Kier molecular flexibility index (Phi) is 5.64. The summed E-state index contributed by atoms with van der Waals surface area (Å²) >= 11 is 0. The van der Waals surface area contributed by atoms with Crippen molar-refractivity contribution in [3.8, 4) is 11.1 Å². The molecule has 0 spiro atoms. The van der Waals surface area contributed by atoms with Gasteiger partial charge in [0.05, 0.1) is 24.2 Å². The van der Waals surface area contributed by atoms with Gasteiger partial charge in [-0.25, -0.2) is 14.2 Å². The van der Waals surface area contributed by atoms with Crippen LogP contribution < -0.4 is 10.6 Å². The predicted octanol–water partition coefficient (Wildman–Crippen LogP) is 4.87. The second-order valence-corrected chi connectivity index (χ2v) is 7.24. The normalized spacial score (nSPS) is 11.0. The van der Waals surface area contributed by atoms with Crippen molar-refractivity contribution in [1.82, 2.24) is 14.8 Å². The van der Waals surface area contributed by atoms with Crippen LogP contribution in [0.15, 0.2) is 54.7 Å². The van der Waals surface area contributed by atoms with Gasteiger partial charge in [0.25, 0.3) is 0 Å². The van der Waals surface area contributed by atoms with Crippen molar-refractivity contribution in [3.05, 3.63) is 71.8 Å². The van der Waals surface area contributed by atoms with E-state index in [2.05, 4.69) is 20.7 Å². The summed E-state index contributed by atoms with van der Waals surface area (Å²) in [5.74, 6) is -0.485. The number of halogens is 1. The number of carbonyl (C=O) groups is 1. The number of rotatable bonds is 5. The summed E-state index contributed by atoms with van der Waals surface area (Å²) in [4.78, 5) is 16.9. The van der Waals surface area contributed by atoms with Gasteiger partial charge in [-0.15, -0.1) is 0 Å². The topological polar surface area (TPSA) is 81.1 Å². The molecule has 31 heavy (non-hydrogen) atoms. The minimum atomic E-state index is -0.516. The lowest BCUT2D eigenvalue weighted by molar-refractivity contribution is 0.182. The maximum atomic E-state index is 13.9. The molecule has 0 saturated heterocycles. The molecule has 0 aliphatic rings. The molecule has 158 valence electrons.